The molecule has 2 aromatic rings. The summed E-state index contributed by atoms with van der Waals surface area (Å²) in [6, 6.07) is 11.6. The van der Waals surface area contributed by atoms with Crippen LogP contribution in [0.15, 0.2) is 48.8 Å². The Kier molecular flexibility index (Phi) is 4.05. The SMILES string of the molecule is CN(C(=O)C1[C@H]2CCC[C@@H]12)[C@H](c1ccc(Cl)cc1)c1cccnc1. The third-order valence-electron chi connectivity index (χ3n) is 5.61. The number of hydrogen-bond acceptors (Lipinski definition) is 2. The minimum atomic E-state index is -0.121. The minimum absolute atomic E-state index is 0.121. The fourth-order valence-electron chi connectivity index (χ4n) is 4.37. The maximum Gasteiger partial charge on any atom is 0.226 e. The molecule has 2 aliphatic rings. The second kappa shape index (κ2) is 6.21. The summed E-state index contributed by atoms with van der Waals surface area (Å²) in [5.41, 5.74) is 2.09. The Bertz CT molecular complexity index is 721. The molecule has 3 nitrogen and oxygen atoms in total. The van der Waals surface area contributed by atoms with Crippen molar-refractivity contribution in [3.05, 3.63) is 64.9 Å². The minimum Gasteiger partial charge on any atom is -0.334 e. The highest BCUT2D eigenvalue weighted by Crippen LogP contribution is 2.58. The maximum atomic E-state index is 13.1. The van der Waals surface area contributed by atoms with E-state index in [1.165, 1.54) is 19.3 Å². The van der Waals surface area contributed by atoms with Crippen LogP contribution in [-0.4, -0.2) is 22.8 Å². The first-order chi connectivity index (χ1) is 11.7. The van der Waals surface area contributed by atoms with Crippen LogP contribution in [0.2, 0.25) is 5.02 Å². The van der Waals surface area contributed by atoms with Crippen molar-refractivity contribution in [3.8, 4) is 0 Å². The Labute approximate surface area is 147 Å². The fraction of sp³-hybridized carbons (Fsp3) is 0.400. The number of nitrogens with zero attached hydrogens (tertiary/aromatic N) is 2. The molecule has 124 valence electrons. The number of aromatic nitrogens is 1. The van der Waals surface area contributed by atoms with Crippen LogP contribution in [0.5, 0.6) is 0 Å². The average Bonchev–Trinajstić information content (AvgIpc) is 3.08. The molecular weight excluding hydrogens is 320 g/mol. The van der Waals surface area contributed by atoms with Gasteiger partial charge in [-0.05, 0) is 54.0 Å². The quantitative estimate of drug-likeness (QED) is 0.830. The van der Waals surface area contributed by atoms with Crippen molar-refractivity contribution in [2.75, 3.05) is 7.05 Å². The molecule has 0 bridgehead atoms. The van der Waals surface area contributed by atoms with Gasteiger partial charge in [-0.1, -0.05) is 36.2 Å². The predicted octanol–water partition coefficient (Wildman–Crippen LogP) is 4.33. The molecule has 1 amide bonds. The van der Waals surface area contributed by atoms with Crippen LogP contribution in [-0.2, 0) is 4.79 Å². The highest BCUT2D eigenvalue weighted by molar-refractivity contribution is 6.30. The molecule has 1 unspecified atom stereocenters. The number of hydrogen-bond donors (Lipinski definition) is 0. The first kappa shape index (κ1) is 15.6. The summed E-state index contributed by atoms with van der Waals surface area (Å²) in [7, 11) is 1.92. The van der Waals surface area contributed by atoms with Gasteiger partial charge in [0, 0.05) is 30.4 Å². The van der Waals surface area contributed by atoms with Gasteiger partial charge in [-0.3, -0.25) is 9.78 Å². The maximum absolute atomic E-state index is 13.1. The number of rotatable bonds is 4. The highest BCUT2D eigenvalue weighted by Gasteiger charge is 2.57. The summed E-state index contributed by atoms with van der Waals surface area (Å²) in [6.45, 7) is 0. The van der Waals surface area contributed by atoms with Gasteiger partial charge < -0.3 is 4.90 Å². The van der Waals surface area contributed by atoms with E-state index in [4.69, 9.17) is 11.6 Å². The molecule has 0 aliphatic heterocycles. The molecule has 2 fully saturated rings. The zero-order valence-corrected chi connectivity index (χ0v) is 14.5. The highest BCUT2D eigenvalue weighted by atomic mass is 35.5. The molecule has 2 aliphatic carbocycles. The second-order valence-corrected chi connectivity index (χ2v) is 7.41. The van der Waals surface area contributed by atoms with E-state index in [1.54, 1.807) is 6.20 Å². The second-order valence-electron chi connectivity index (χ2n) is 6.97. The van der Waals surface area contributed by atoms with E-state index in [1.807, 2.05) is 54.5 Å². The first-order valence-corrected chi connectivity index (χ1v) is 8.96. The van der Waals surface area contributed by atoms with Gasteiger partial charge in [-0.25, -0.2) is 0 Å². The van der Waals surface area contributed by atoms with Gasteiger partial charge in [-0.15, -0.1) is 0 Å². The molecule has 0 saturated heterocycles. The van der Waals surface area contributed by atoms with Gasteiger partial charge in [0.15, 0.2) is 0 Å². The molecule has 4 heteroatoms. The number of pyridine rings is 1. The normalized spacial score (nSPS) is 25.8. The third-order valence-corrected chi connectivity index (χ3v) is 5.86. The number of halogens is 1. The lowest BCUT2D eigenvalue weighted by molar-refractivity contribution is -0.133. The summed E-state index contributed by atoms with van der Waals surface area (Å²) in [4.78, 5) is 19.2. The summed E-state index contributed by atoms with van der Waals surface area (Å²) >= 11 is 6.04. The van der Waals surface area contributed by atoms with Crippen molar-refractivity contribution in [3.63, 3.8) is 0 Å². The van der Waals surface area contributed by atoms with E-state index in [0.29, 0.717) is 16.9 Å². The van der Waals surface area contributed by atoms with Crippen molar-refractivity contribution in [2.24, 2.45) is 17.8 Å². The molecule has 0 spiro atoms. The lowest BCUT2D eigenvalue weighted by Gasteiger charge is -2.29. The third kappa shape index (κ3) is 2.71. The van der Waals surface area contributed by atoms with Crippen LogP contribution in [0.3, 0.4) is 0 Å². The van der Waals surface area contributed by atoms with Gasteiger partial charge in [0.2, 0.25) is 5.91 Å². The Morgan fingerprint density at radius 1 is 1.17 bits per heavy atom. The fourth-order valence-corrected chi connectivity index (χ4v) is 4.50. The molecule has 1 aromatic heterocycles. The van der Waals surface area contributed by atoms with E-state index in [-0.39, 0.29) is 17.9 Å². The molecule has 1 aromatic carbocycles. The number of fused-ring (bicyclic) bond motifs is 1. The van der Waals surface area contributed by atoms with Gasteiger partial charge in [0.25, 0.3) is 0 Å². The Morgan fingerprint density at radius 3 is 2.50 bits per heavy atom. The lowest BCUT2D eigenvalue weighted by Crippen LogP contribution is -2.34. The molecule has 0 radical (unpaired) electrons. The summed E-state index contributed by atoms with van der Waals surface area (Å²) in [5.74, 6) is 1.75. The van der Waals surface area contributed by atoms with Gasteiger partial charge in [0.1, 0.15) is 0 Å². The van der Waals surface area contributed by atoms with Crippen LogP contribution >= 0.6 is 11.6 Å². The Morgan fingerprint density at radius 2 is 1.88 bits per heavy atom. The predicted molar refractivity (Wildman–Crippen MR) is 94.6 cm³/mol. The Hall–Kier alpha value is -1.87. The largest absolute Gasteiger partial charge is 0.334 e. The summed E-state index contributed by atoms with van der Waals surface area (Å²) in [5, 5.41) is 0.703. The van der Waals surface area contributed by atoms with Crippen molar-refractivity contribution < 1.29 is 4.79 Å². The number of carbonyl (C=O) groups is 1. The van der Waals surface area contributed by atoms with Crippen LogP contribution in [0.4, 0.5) is 0 Å². The topological polar surface area (TPSA) is 33.2 Å². The number of amides is 1. The van der Waals surface area contributed by atoms with Gasteiger partial charge in [0.05, 0.1) is 6.04 Å². The number of carbonyl (C=O) groups excluding carboxylic acids is 1. The molecular formula is C20H21ClN2O. The molecule has 1 heterocycles. The van der Waals surface area contributed by atoms with E-state index < -0.39 is 0 Å². The van der Waals surface area contributed by atoms with Gasteiger partial charge in [-0.2, -0.15) is 0 Å². The molecule has 4 atom stereocenters. The lowest BCUT2D eigenvalue weighted by atomic mass is 9.98. The average molecular weight is 341 g/mol. The standard InChI is InChI=1S/C20H21ClN2O/c1-23(20(24)18-16-5-2-6-17(16)18)19(14-4-3-11-22-12-14)13-7-9-15(21)10-8-13/h3-4,7-12,16-19H,2,5-6H2,1H3/t16-,17+,18?,19-/m1/s1. The van der Waals surface area contributed by atoms with Crippen LogP contribution < -0.4 is 0 Å². The van der Waals surface area contributed by atoms with E-state index in [2.05, 4.69) is 4.98 Å². The van der Waals surface area contributed by atoms with Gasteiger partial charge >= 0.3 is 0 Å². The van der Waals surface area contributed by atoms with Crippen molar-refractivity contribution in [1.29, 1.82) is 0 Å². The van der Waals surface area contributed by atoms with Crippen LogP contribution in [0.1, 0.15) is 36.4 Å². The zero-order chi connectivity index (χ0) is 16.7. The molecule has 2 saturated carbocycles. The molecule has 0 N–H and O–H groups in total. The smallest absolute Gasteiger partial charge is 0.226 e. The zero-order valence-electron chi connectivity index (χ0n) is 13.7. The van der Waals surface area contributed by atoms with E-state index in [9.17, 15) is 4.79 Å². The van der Waals surface area contributed by atoms with Crippen molar-refractivity contribution >= 4 is 17.5 Å². The molecule has 4 rings (SSSR count). The monoisotopic (exact) mass is 340 g/mol. The summed E-state index contributed by atoms with van der Waals surface area (Å²) in [6.07, 6.45) is 7.32. The Balaban J connectivity index is 1.64. The van der Waals surface area contributed by atoms with E-state index in [0.717, 1.165) is 11.1 Å². The van der Waals surface area contributed by atoms with E-state index >= 15 is 0 Å². The van der Waals surface area contributed by atoms with Crippen molar-refractivity contribution in [2.45, 2.75) is 25.3 Å². The van der Waals surface area contributed by atoms with Crippen LogP contribution in [0.25, 0.3) is 0 Å². The molecule has 24 heavy (non-hydrogen) atoms. The van der Waals surface area contributed by atoms with Crippen molar-refractivity contribution in [1.82, 2.24) is 9.88 Å². The summed E-state index contributed by atoms with van der Waals surface area (Å²) < 4.78 is 0. The number of benzene rings is 1. The first-order valence-electron chi connectivity index (χ1n) is 8.59. The van der Waals surface area contributed by atoms with Crippen LogP contribution in [0, 0.1) is 17.8 Å².